The maximum atomic E-state index is 9.04. The van der Waals surface area contributed by atoms with E-state index in [4.69, 9.17) is 9.84 Å². The fourth-order valence-electron chi connectivity index (χ4n) is 0.692. The van der Waals surface area contributed by atoms with Crippen LogP contribution < -0.4 is 0 Å². The number of ether oxygens (including phenoxy) is 1. The summed E-state index contributed by atoms with van der Waals surface area (Å²) in [5.74, 6) is 0. The van der Waals surface area contributed by atoms with Crippen molar-refractivity contribution in [3.63, 3.8) is 0 Å². The Morgan fingerprint density at radius 3 is 2.38 bits per heavy atom. The van der Waals surface area contributed by atoms with Gasteiger partial charge in [0.1, 0.15) is 0 Å². The maximum Gasteiger partial charge on any atom is 0.0659 e. The summed E-state index contributed by atoms with van der Waals surface area (Å²) in [4.78, 5) is 0. The van der Waals surface area contributed by atoms with Gasteiger partial charge in [-0.05, 0) is 27.3 Å². The zero-order chi connectivity index (χ0) is 10.5. The third-order valence-corrected chi connectivity index (χ3v) is 3.02. The molecule has 0 saturated heterocycles. The predicted octanol–water partition coefficient (Wildman–Crippen LogP) is 1.83. The van der Waals surface area contributed by atoms with E-state index in [1.165, 1.54) is 0 Å². The Balaban J connectivity index is 3.85. The quantitative estimate of drug-likeness (QED) is 0.600. The number of aliphatic hydroxyl groups excluding tert-OH is 1. The number of aliphatic hydroxyl groups is 1. The van der Waals surface area contributed by atoms with Crippen LogP contribution in [0.15, 0.2) is 0 Å². The number of nitrogens with zero attached hydrogens (tertiary/aromatic N) is 1. The molecule has 0 amide bonds. The molecular weight excluding hydrogens is 281 g/mol. The standard InChI is InChI=1S/C9H20INO2/c1-5-9(2,3)13-7-8(6-12)11(4)10/h8,12H,5-7H2,1-4H3. The molecule has 1 atom stereocenters. The molecule has 1 N–H and O–H groups in total. The van der Waals surface area contributed by atoms with Gasteiger partial charge in [0, 0.05) is 22.9 Å². The Labute approximate surface area is 94.9 Å². The molecule has 0 aromatic rings. The van der Waals surface area contributed by atoms with Crippen LogP contribution in [0.25, 0.3) is 0 Å². The Morgan fingerprint density at radius 2 is 2.08 bits per heavy atom. The van der Waals surface area contributed by atoms with Crippen molar-refractivity contribution in [3.8, 4) is 0 Å². The van der Waals surface area contributed by atoms with Gasteiger partial charge in [0.05, 0.1) is 24.9 Å². The van der Waals surface area contributed by atoms with Crippen LogP contribution in [0, 0.1) is 0 Å². The number of hydrogen-bond acceptors (Lipinski definition) is 3. The first-order chi connectivity index (χ1) is 5.93. The molecular formula is C9H20INO2. The molecule has 0 aromatic heterocycles. The monoisotopic (exact) mass is 301 g/mol. The van der Waals surface area contributed by atoms with Crippen LogP contribution in [0.5, 0.6) is 0 Å². The summed E-state index contributed by atoms with van der Waals surface area (Å²) in [5, 5.41) is 9.04. The first kappa shape index (κ1) is 13.6. The van der Waals surface area contributed by atoms with Crippen LogP contribution in [-0.2, 0) is 4.74 Å². The molecule has 0 bridgehead atoms. The van der Waals surface area contributed by atoms with Gasteiger partial charge in [-0.25, -0.2) is 3.11 Å². The van der Waals surface area contributed by atoms with Crippen molar-refractivity contribution in [2.75, 3.05) is 20.3 Å². The second kappa shape index (κ2) is 6.16. The van der Waals surface area contributed by atoms with Crippen LogP contribution >= 0.6 is 22.9 Å². The highest BCUT2D eigenvalue weighted by Crippen LogP contribution is 2.15. The lowest BCUT2D eigenvalue weighted by Gasteiger charge is -2.28. The fourth-order valence-corrected chi connectivity index (χ4v) is 1.03. The molecule has 0 radical (unpaired) electrons. The van der Waals surface area contributed by atoms with E-state index >= 15 is 0 Å². The molecule has 80 valence electrons. The molecule has 0 heterocycles. The maximum absolute atomic E-state index is 9.04. The van der Waals surface area contributed by atoms with E-state index in [1.54, 1.807) is 0 Å². The largest absolute Gasteiger partial charge is 0.395 e. The third kappa shape index (κ3) is 5.83. The molecule has 0 rings (SSSR count). The average Bonchev–Trinajstić information content (AvgIpc) is 2.05. The Kier molecular flexibility index (Phi) is 6.45. The summed E-state index contributed by atoms with van der Waals surface area (Å²) in [6, 6.07) is 0.0893. The summed E-state index contributed by atoms with van der Waals surface area (Å²) in [6.45, 7) is 6.95. The Hall–Kier alpha value is 0.610. The lowest BCUT2D eigenvalue weighted by atomic mass is 10.1. The number of hydrogen-bond donors (Lipinski definition) is 1. The van der Waals surface area contributed by atoms with E-state index in [2.05, 4.69) is 43.6 Å². The molecule has 0 saturated carbocycles. The van der Waals surface area contributed by atoms with Gasteiger partial charge in [-0.2, -0.15) is 0 Å². The Bertz CT molecular complexity index is 140. The van der Waals surface area contributed by atoms with Gasteiger partial charge in [-0.3, -0.25) is 0 Å². The van der Waals surface area contributed by atoms with E-state index in [-0.39, 0.29) is 18.2 Å². The smallest absolute Gasteiger partial charge is 0.0659 e. The molecule has 0 fully saturated rings. The van der Waals surface area contributed by atoms with Crippen LogP contribution in [0.4, 0.5) is 0 Å². The van der Waals surface area contributed by atoms with Gasteiger partial charge in [0.15, 0.2) is 0 Å². The molecule has 0 spiro atoms. The number of halogens is 1. The van der Waals surface area contributed by atoms with Crippen molar-refractivity contribution in [2.45, 2.75) is 38.8 Å². The summed E-state index contributed by atoms with van der Waals surface area (Å²) < 4.78 is 7.63. The summed E-state index contributed by atoms with van der Waals surface area (Å²) in [7, 11) is 1.93. The van der Waals surface area contributed by atoms with Crippen molar-refractivity contribution in [1.29, 1.82) is 0 Å². The second-order valence-electron chi connectivity index (χ2n) is 3.79. The highest BCUT2D eigenvalue weighted by Gasteiger charge is 2.19. The molecule has 0 aliphatic heterocycles. The van der Waals surface area contributed by atoms with E-state index < -0.39 is 0 Å². The topological polar surface area (TPSA) is 32.7 Å². The van der Waals surface area contributed by atoms with Crippen LogP contribution in [0.2, 0.25) is 0 Å². The molecule has 0 aliphatic rings. The molecule has 4 heteroatoms. The lowest BCUT2D eigenvalue weighted by Crippen LogP contribution is -2.36. The fraction of sp³-hybridized carbons (Fsp3) is 1.00. The minimum Gasteiger partial charge on any atom is -0.395 e. The van der Waals surface area contributed by atoms with E-state index in [1.807, 2.05) is 10.2 Å². The highest BCUT2D eigenvalue weighted by atomic mass is 127. The van der Waals surface area contributed by atoms with Crippen molar-refractivity contribution in [2.24, 2.45) is 0 Å². The van der Waals surface area contributed by atoms with Crippen molar-refractivity contribution >= 4 is 22.9 Å². The summed E-state index contributed by atoms with van der Waals surface area (Å²) in [5.41, 5.74) is -0.0833. The minimum atomic E-state index is -0.0833. The zero-order valence-corrected chi connectivity index (χ0v) is 11.0. The first-order valence-electron chi connectivity index (χ1n) is 4.56. The molecule has 0 aromatic carbocycles. The zero-order valence-electron chi connectivity index (χ0n) is 8.88. The third-order valence-electron chi connectivity index (χ3n) is 2.23. The van der Waals surface area contributed by atoms with E-state index in [0.29, 0.717) is 6.61 Å². The van der Waals surface area contributed by atoms with E-state index in [9.17, 15) is 0 Å². The average molecular weight is 301 g/mol. The summed E-state index contributed by atoms with van der Waals surface area (Å²) in [6.07, 6.45) is 0.982. The van der Waals surface area contributed by atoms with Crippen LogP contribution in [0.3, 0.4) is 0 Å². The lowest BCUT2D eigenvalue weighted by molar-refractivity contribution is -0.0418. The van der Waals surface area contributed by atoms with Gasteiger partial charge >= 0.3 is 0 Å². The molecule has 13 heavy (non-hydrogen) atoms. The van der Waals surface area contributed by atoms with Gasteiger partial charge in [-0.15, -0.1) is 0 Å². The van der Waals surface area contributed by atoms with Gasteiger partial charge in [-0.1, -0.05) is 6.92 Å². The van der Waals surface area contributed by atoms with Crippen LogP contribution in [0.1, 0.15) is 27.2 Å². The normalized spacial score (nSPS) is 15.0. The second-order valence-corrected chi connectivity index (χ2v) is 5.31. The number of rotatable bonds is 6. The van der Waals surface area contributed by atoms with Crippen molar-refractivity contribution in [1.82, 2.24) is 3.11 Å². The van der Waals surface area contributed by atoms with Crippen LogP contribution in [-0.4, -0.2) is 40.1 Å². The summed E-state index contributed by atoms with van der Waals surface area (Å²) >= 11 is 2.16. The van der Waals surface area contributed by atoms with Crippen molar-refractivity contribution < 1.29 is 9.84 Å². The van der Waals surface area contributed by atoms with E-state index in [0.717, 1.165) is 6.42 Å². The molecule has 0 aliphatic carbocycles. The molecule has 1 unspecified atom stereocenters. The SMILES string of the molecule is CCC(C)(C)OCC(CO)N(C)I. The van der Waals surface area contributed by atoms with Crippen molar-refractivity contribution in [3.05, 3.63) is 0 Å². The predicted molar refractivity (Wildman–Crippen MR) is 63.0 cm³/mol. The van der Waals surface area contributed by atoms with Gasteiger partial charge in [0.2, 0.25) is 0 Å². The highest BCUT2D eigenvalue weighted by molar-refractivity contribution is 14.1. The van der Waals surface area contributed by atoms with Gasteiger partial charge in [0.25, 0.3) is 0 Å². The van der Waals surface area contributed by atoms with Gasteiger partial charge < -0.3 is 9.84 Å². The minimum absolute atomic E-state index is 0.0833. The molecule has 3 nitrogen and oxygen atoms in total. The number of likely N-dealkylation sites (N-methyl/N-ethyl adjacent to an activating group) is 1. The first-order valence-corrected chi connectivity index (χ1v) is 5.53. The Morgan fingerprint density at radius 1 is 1.54 bits per heavy atom.